The van der Waals surface area contributed by atoms with Gasteiger partial charge < -0.3 is 21.8 Å². The molecule has 0 aromatic heterocycles. The lowest BCUT2D eigenvalue weighted by Crippen LogP contribution is -2.54. The molecule has 0 atom stereocenters. The van der Waals surface area contributed by atoms with Crippen molar-refractivity contribution in [3.8, 4) is 0 Å². The molecule has 0 aliphatic rings. The van der Waals surface area contributed by atoms with Crippen molar-refractivity contribution in [3.63, 3.8) is 0 Å². The highest BCUT2D eigenvalue weighted by atomic mass is 28.5. The minimum atomic E-state index is -2.83. The van der Waals surface area contributed by atoms with Crippen LogP contribution in [0.1, 0.15) is 13.8 Å². The first-order valence-corrected chi connectivity index (χ1v) is 21.4. The molecule has 150 valence electrons. The Kier molecular flexibility index (Phi) is 9.37. The number of ether oxygens (including phenoxy) is 1. The van der Waals surface area contributed by atoms with Gasteiger partial charge in [0.2, 0.25) is 0 Å². The average molecular weight is 425 g/mol. The molecular formula is C16H40O5Si4. The van der Waals surface area contributed by atoms with Gasteiger partial charge in [-0.05, 0) is 72.8 Å². The molecule has 0 spiro atoms. The lowest BCUT2D eigenvalue weighted by molar-refractivity contribution is 0.0483. The third kappa shape index (κ3) is 13.9. The first kappa shape index (κ1) is 25.1. The molecule has 5 nitrogen and oxygen atoms in total. The van der Waals surface area contributed by atoms with E-state index < -0.39 is 33.8 Å². The van der Waals surface area contributed by atoms with Crippen LogP contribution in [0.25, 0.3) is 0 Å². The monoisotopic (exact) mass is 424 g/mol. The van der Waals surface area contributed by atoms with E-state index in [0.717, 1.165) is 5.57 Å². The van der Waals surface area contributed by atoms with Crippen LogP contribution in [-0.4, -0.2) is 47.0 Å². The van der Waals surface area contributed by atoms with Gasteiger partial charge in [0.1, 0.15) is 6.61 Å². The van der Waals surface area contributed by atoms with Crippen LogP contribution in [0.4, 0.5) is 0 Å². The van der Waals surface area contributed by atoms with Gasteiger partial charge in [0.25, 0.3) is 5.95 Å². The molecule has 9 heteroatoms. The second-order valence-corrected chi connectivity index (χ2v) is 26.0. The second kappa shape index (κ2) is 9.33. The maximum Gasteiger partial charge on any atom is 0.543 e. The first-order chi connectivity index (χ1) is 10.9. The van der Waals surface area contributed by atoms with Crippen LogP contribution in [0.5, 0.6) is 0 Å². The van der Waals surface area contributed by atoms with Crippen molar-refractivity contribution in [1.29, 1.82) is 0 Å². The van der Waals surface area contributed by atoms with Crippen molar-refractivity contribution in [2.45, 2.75) is 79.3 Å². The van der Waals surface area contributed by atoms with E-state index in [1.54, 1.807) is 0 Å². The van der Waals surface area contributed by atoms with E-state index in [-0.39, 0.29) is 0 Å². The van der Waals surface area contributed by atoms with Gasteiger partial charge in [0.15, 0.2) is 25.0 Å². The molecule has 0 heterocycles. The predicted molar refractivity (Wildman–Crippen MR) is 115 cm³/mol. The minimum Gasteiger partial charge on any atom is -0.474 e. The molecular weight excluding hydrogens is 385 g/mol. The van der Waals surface area contributed by atoms with Crippen molar-refractivity contribution in [3.05, 3.63) is 11.5 Å². The highest BCUT2D eigenvalue weighted by molar-refractivity contribution is 6.85. The van der Waals surface area contributed by atoms with Crippen molar-refractivity contribution in [1.82, 2.24) is 0 Å². The summed E-state index contributed by atoms with van der Waals surface area (Å²) in [5, 5.41) is 0. The van der Waals surface area contributed by atoms with Crippen LogP contribution in [-0.2, 0) is 21.8 Å². The van der Waals surface area contributed by atoms with Gasteiger partial charge >= 0.3 is 8.80 Å². The Hall–Kier alpha value is 0.0875. The average Bonchev–Trinajstić information content (AvgIpc) is 2.26. The third-order valence-electron chi connectivity index (χ3n) is 2.52. The van der Waals surface area contributed by atoms with E-state index in [0.29, 0.717) is 19.2 Å². The quantitative estimate of drug-likeness (QED) is 0.253. The van der Waals surface area contributed by atoms with Gasteiger partial charge in [-0.15, -0.1) is 0 Å². The van der Waals surface area contributed by atoms with E-state index >= 15 is 0 Å². The van der Waals surface area contributed by atoms with E-state index in [1.807, 2.05) is 20.4 Å². The second-order valence-electron chi connectivity index (χ2n) is 9.49. The summed E-state index contributed by atoms with van der Waals surface area (Å²) in [5.41, 5.74) is 0.977. The highest BCUT2D eigenvalue weighted by Crippen LogP contribution is 2.25. The molecule has 0 radical (unpaired) electrons. The molecule has 0 N–H and O–H groups in total. The third-order valence-corrected chi connectivity index (χ3v) is 12.0. The fraction of sp³-hybridized carbons (Fsp3) is 0.875. The van der Waals surface area contributed by atoms with Crippen molar-refractivity contribution in [2.75, 3.05) is 13.2 Å². The Morgan fingerprint density at radius 2 is 1.08 bits per heavy atom. The Bertz CT molecular complexity index is 427. The number of hydrogen-bond acceptors (Lipinski definition) is 5. The van der Waals surface area contributed by atoms with E-state index in [2.05, 4.69) is 58.9 Å². The van der Waals surface area contributed by atoms with E-state index in [9.17, 15) is 0 Å². The summed E-state index contributed by atoms with van der Waals surface area (Å²) in [6, 6.07) is 0. The maximum absolute atomic E-state index is 6.37. The normalized spacial score (nSPS) is 13.6. The number of allylic oxidation sites excluding steroid dienone is 1. The predicted octanol–water partition coefficient (Wildman–Crippen LogP) is 5.39. The smallest absolute Gasteiger partial charge is 0.474 e. The lowest BCUT2D eigenvalue weighted by atomic mass is 10.4. The highest BCUT2D eigenvalue weighted by Gasteiger charge is 2.46. The maximum atomic E-state index is 6.37. The van der Waals surface area contributed by atoms with Crippen LogP contribution in [0.3, 0.4) is 0 Å². The van der Waals surface area contributed by atoms with Crippen LogP contribution in [0.2, 0.25) is 65.5 Å². The lowest BCUT2D eigenvalue weighted by Gasteiger charge is -2.37. The van der Waals surface area contributed by atoms with Crippen LogP contribution < -0.4 is 0 Å². The van der Waals surface area contributed by atoms with Gasteiger partial charge in [-0.25, -0.2) is 0 Å². The standard InChI is InChI=1S/C16H40O5Si4/c1-15(2)16(17-13-14-18-22(3,4)5)19-25(12,20-23(6,7)8)21-24(9,10)11/h13-14H2,1-12H3. The van der Waals surface area contributed by atoms with Gasteiger partial charge in [0, 0.05) is 12.1 Å². The molecule has 25 heavy (non-hydrogen) atoms. The van der Waals surface area contributed by atoms with E-state index in [4.69, 9.17) is 21.8 Å². The minimum absolute atomic E-state index is 0.467. The van der Waals surface area contributed by atoms with Crippen molar-refractivity contribution < 1.29 is 21.8 Å². The summed E-state index contributed by atoms with van der Waals surface area (Å²) in [6.07, 6.45) is 0. The summed E-state index contributed by atoms with van der Waals surface area (Å²) in [6.45, 7) is 26.4. The molecule has 0 fully saturated rings. The Labute approximate surface area is 159 Å². The SMILES string of the molecule is CC(C)=C(OCCO[Si](C)(C)C)O[Si](C)(O[Si](C)(C)C)O[Si](C)(C)C. The van der Waals surface area contributed by atoms with Crippen molar-refractivity contribution in [2.24, 2.45) is 0 Å². The van der Waals surface area contributed by atoms with Gasteiger partial charge in [-0.1, -0.05) is 0 Å². The fourth-order valence-corrected chi connectivity index (χ4v) is 13.2. The van der Waals surface area contributed by atoms with Gasteiger partial charge in [0.05, 0.1) is 6.61 Å². The molecule has 0 unspecified atom stereocenters. The molecule has 0 bridgehead atoms. The summed E-state index contributed by atoms with van der Waals surface area (Å²) >= 11 is 0. The van der Waals surface area contributed by atoms with Gasteiger partial charge in [-0.2, -0.15) is 0 Å². The first-order valence-electron chi connectivity index (χ1n) is 8.96. The molecule has 0 aromatic carbocycles. The zero-order valence-electron chi connectivity index (χ0n) is 18.5. The molecule has 0 saturated carbocycles. The van der Waals surface area contributed by atoms with Crippen LogP contribution >= 0.6 is 0 Å². The summed E-state index contributed by atoms with van der Waals surface area (Å²) < 4.78 is 30.7. The summed E-state index contributed by atoms with van der Waals surface area (Å²) in [4.78, 5) is 0. The molecule has 0 rings (SSSR count). The molecule has 0 aromatic rings. The van der Waals surface area contributed by atoms with E-state index in [1.165, 1.54) is 0 Å². The topological polar surface area (TPSA) is 46.2 Å². The molecule has 0 amide bonds. The summed E-state index contributed by atoms with van der Waals surface area (Å²) in [7, 11) is -8.01. The Morgan fingerprint density at radius 3 is 1.40 bits per heavy atom. The van der Waals surface area contributed by atoms with Gasteiger partial charge in [-0.3, -0.25) is 0 Å². The van der Waals surface area contributed by atoms with Crippen LogP contribution in [0, 0.1) is 0 Å². The fourth-order valence-electron chi connectivity index (χ4n) is 2.10. The Morgan fingerprint density at radius 1 is 0.640 bits per heavy atom. The largest absolute Gasteiger partial charge is 0.543 e. The van der Waals surface area contributed by atoms with Crippen LogP contribution in [0.15, 0.2) is 11.5 Å². The zero-order chi connectivity index (χ0) is 20.1. The number of rotatable bonds is 11. The summed E-state index contributed by atoms with van der Waals surface area (Å²) in [5.74, 6) is 0.518. The van der Waals surface area contributed by atoms with Crippen molar-refractivity contribution >= 4 is 33.8 Å². The number of hydrogen-bond donors (Lipinski definition) is 0. The zero-order valence-corrected chi connectivity index (χ0v) is 22.5. The molecule has 0 aliphatic heterocycles. The Balaban J connectivity index is 5.09. The molecule has 0 aliphatic carbocycles. The molecule has 0 saturated heterocycles.